The van der Waals surface area contributed by atoms with Crippen LogP contribution in [0.2, 0.25) is 0 Å². The summed E-state index contributed by atoms with van der Waals surface area (Å²) >= 11 is 0. The standard InChI is InChI=1S/C27H29NO3/c1-16(17-6-4-3-5-7-17)19-15-26-11-10-20(29)24(19)27(26)12-13-28(2)22(26)14-18-8-9-21(30)25(31)23(18)27/h3-9,22,24,30-31H,10-15H2,1-2H3/b19-16-/t22-,24-,26-,27+/m1/s1. The highest BCUT2D eigenvalue weighted by molar-refractivity contribution is 5.92. The summed E-state index contributed by atoms with van der Waals surface area (Å²) < 4.78 is 0. The molecule has 0 spiro atoms. The minimum Gasteiger partial charge on any atom is -0.504 e. The molecule has 0 unspecified atom stereocenters. The molecule has 2 N–H and O–H groups in total. The summed E-state index contributed by atoms with van der Waals surface area (Å²) in [6.45, 7) is 3.07. The molecular weight excluding hydrogens is 386 g/mol. The van der Waals surface area contributed by atoms with Crippen molar-refractivity contribution < 1.29 is 15.0 Å². The molecule has 160 valence electrons. The van der Waals surface area contributed by atoms with Crippen LogP contribution in [0, 0.1) is 11.3 Å². The lowest BCUT2D eigenvalue weighted by Crippen LogP contribution is -2.67. The molecule has 3 aliphatic carbocycles. The van der Waals surface area contributed by atoms with Crippen LogP contribution in [0.5, 0.6) is 11.5 Å². The van der Waals surface area contributed by atoms with Gasteiger partial charge in [0.25, 0.3) is 0 Å². The van der Waals surface area contributed by atoms with Gasteiger partial charge in [-0.1, -0.05) is 42.0 Å². The topological polar surface area (TPSA) is 60.8 Å². The van der Waals surface area contributed by atoms with Crippen molar-refractivity contribution in [2.75, 3.05) is 13.6 Å². The second kappa shape index (κ2) is 6.23. The summed E-state index contributed by atoms with van der Waals surface area (Å²) in [5.41, 5.74) is 5.09. The Hall–Kier alpha value is -2.59. The van der Waals surface area contributed by atoms with Gasteiger partial charge < -0.3 is 15.1 Å². The van der Waals surface area contributed by atoms with Crippen molar-refractivity contribution in [3.05, 3.63) is 64.7 Å². The van der Waals surface area contributed by atoms with Gasteiger partial charge in [-0.3, -0.25) is 4.79 Å². The van der Waals surface area contributed by atoms with E-state index in [0.29, 0.717) is 18.2 Å². The van der Waals surface area contributed by atoms with Crippen LogP contribution < -0.4 is 0 Å². The number of hydrogen-bond acceptors (Lipinski definition) is 4. The number of carbonyl (C=O) groups is 1. The monoisotopic (exact) mass is 415 g/mol. The number of phenols is 2. The summed E-state index contributed by atoms with van der Waals surface area (Å²) in [5.74, 6) is 0.0216. The molecule has 4 nitrogen and oxygen atoms in total. The normalized spacial score (nSPS) is 35.5. The predicted octanol–water partition coefficient (Wildman–Crippen LogP) is 4.44. The number of Topliss-reactive ketones (excluding diaryl/α,β-unsaturated/α-hetero) is 1. The molecule has 2 saturated carbocycles. The van der Waals surface area contributed by atoms with Gasteiger partial charge >= 0.3 is 0 Å². The van der Waals surface area contributed by atoms with Gasteiger partial charge in [0.15, 0.2) is 11.5 Å². The van der Waals surface area contributed by atoms with Gasteiger partial charge in [0.05, 0.1) is 0 Å². The highest BCUT2D eigenvalue weighted by Crippen LogP contribution is 2.74. The maximum atomic E-state index is 13.6. The zero-order valence-electron chi connectivity index (χ0n) is 18.2. The molecule has 0 radical (unpaired) electrons. The Bertz CT molecular complexity index is 1140. The van der Waals surface area contributed by atoms with E-state index in [1.807, 2.05) is 12.1 Å². The summed E-state index contributed by atoms with van der Waals surface area (Å²) in [6.07, 6.45) is 4.06. The molecular formula is C27H29NO3. The number of piperidine rings is 1. The van der Waals surface area contributed by atoms with Crippen molar-refractivity contribution in [3.63, 3.8) is 0 Å². The molecule has 4 aliphatic rings. The molecule has 1 aliphatic heterocycles. The summed E-state index contributed by atoms with van der Waals surface area (Å²) in [7, 11) is 2.21. The van der Waals surface area contributed by atoms with Crippen LogP contribution in [-0.2, 0) is 16.6 Å². The highest BCUT2D eigenvalue weighted by atomic mass is 16.3. The van der Waals surface area contributed by atoms with E-state index >= 15 is 0 Å². The number of allylic oxidation sites excluding steroid dienone is 2. The Morgan fingerprint density at radius 2 is 1.87 bits per heavy atom. The molecule has 1 saturated heterocycles. The first-order valence-corrected chi connectivity index (χ1v) is 11.4. The van der Waals surface area contributed by atoms with Crippen molar-refractivity contribution in [2.45, 2.75) is 50.5 Å². The van der Waals surface area contributed by atoms with E-state index in [1.54, 1.807) is 6.07 Å². The SMILES string of the molecule is C/C(=C1\C[C@@]23CCC(=O)[C@@H]1[C@@]21CCN(C)[C@@H]3Cc2ccc(O)c(O)c21)c1ccccc1. The molecule has 4 heteroatoms. The molecule has 2 aromatic rings. The second-order valence-corrected chi connectivity index (χ2v) is 10.1. The minimum absolute atomic E-state index is 0.00296. The zero-order valence-corrected chi connectivity index (χ0v) is 18.2. The van der Waals surface area contributed by atoms with E-state index < -0.39 is 5.41 Å². The number of carbonyl (C=O) groups excluding carboxylic acids is 1. The first-order valence-electron chi connectivity index (χ1n) is 11.4. The van der Waals surface area contributed by atoms with Crippen LogP contribution >= 0.6 is 0 Å². The highest BCUT2D eigenvalue weighted by Gasteiger charge is 2.73. The third kappa shape index (κ3) is 2.17. The fourth-order valence-electron chi connectivity index (χ4n) is 7.95. The molecule has 0 amide bonds. The number of likely N-dealkylation sites (N-methyl/N-ethyl adjacent to an activating group) is 1. The predicted molar refractivity (Wildman–Crippen MR) is 120 cm³/mol. The largest absolute Gasteiger partial charge is 0.504 e. The number of phenolic OH excluding ortho intramolecular Hbond substituents is 2. The van der Waals surface area contributed by atoms with E-state index in [1.165, 1.54) is 16.7 Å². The maximum absolute atomic E-state index is 13.6. The summed E-state index contributed by atoms with van der Waals surface area (Å²) in [6, 6.07) is 14.3. The Labute approximate surface area is 183 Å². The molecule has 6 rings (SSSR count). The number of fused-ring (bicyclic) bond motifs is 1. The van der Waals surface area contributed by atoms with Gasteiger partial charge in [-0.25, -0.2) is 0 Å². The molecule has 1 heterocycles. The molecule has 31 heavy (non-hydrogen) atoms. The average Bonchev–Trinajstić information content (AvgIpc) is 3.01. The second-order valence-electron chi connectivity index (χ2n) is 10.1. The van der Waals surface area contributed by atoms with E-state index in [0.717, 1.165) is 43.4 Å². The van der Waals surface area contributed by atoms with Gasteiger partial charge in [0, 0.05) is 34.8 Å². The zero-order chi connectivity index (χ0) is 21.5. The van der Waals surface area contributed by atoms with Crippen LogP contribution in [0.1, 0.15) is 49.3 Å². The summed E-state index contributed by atoms with van der Waals surface area (Å²) in [5, 5.41) is 21.6. The lowest BCUT2D eigenvalue weighted by molar-refractivity contribution is -0.138. The molecule has 2 aromatic carbocycles. The van der Waals surface area contributed by atoms with Crippen LogP contribution in [0.4, 0.5) is 0 Å². The molecule has 0 aromatic heterocycles. The molecule has 3 fully saturated rings. The minimum atomic E-state index is -0.429. The van der Waals surface area contributed by atoms with E-state index in [2.05, 4.69) is 43.1 Å². The Morgan fingerprint density at radius 3 is 2.65 bits per heavy atom. The number of nitrogens with zero attached hydrogens (tertiary/aromatic N) is 1. The molecule has 4 bridgehead atoms. The first-order chi connectivity index (χ1) is 14.9. The van der Waals surface area contributed by atoms with Crippen LogP contribution in [-0.4, -0.2) is 40.5 Å². The number of ketones is 1. The third-order valence-electron chi connectivity index (χ3n) is 9.19. The number of hydrogen-bond donors (Lipinski definition) is 2. The average molecular weight is 416 g/mol. The maximum Gasteiger partial charge on any atom is 0.161 e. The van der Waals surface area contributed by atoms with Crippen molar-refractivity contribution in [2.24, 2.45) is 11.3 Å². The van der Waals surface area contributed by atoms with Gasteiger partial charge in [-0.15, -0.1) is 0 Å². The van der Waals surface area contributed by atoms with Gasteiger partial charge in [0.1, 0.15) is 5.78 Å². The van der Waals surface area contributed by atoms with Gasteiger partial charge in [-0.2, -0.15) is 0 Å². The third-order valence-corrected chi connectivity index (χ3v) is 9.19. The number of rotatable bonds is 1. The number of likely N-dealkylation sites (tertiary alicyclic amines) is 1. The Morgan fingerprint density at radius 1 is 1.10 bits per heavy atom. The lowest BCUT2D eigenvalue weighted by atomic mass is 9.44. The number of benzene rings is 2. The van der Waals surface area contributed by atoms with Crippen molar-refractivity contribution in [3.8, 4) is 11.5 Å². The van der Waals surface area contributed by atoms with E-state index in [-0.39, 0.29) is 22.8 Å². The fraction of sp³-hybridized carbons (Fsp3) is 0.444. The van der Waals surface area contributed by atoms with E-state index in [4.69, 9.17) is 0 Å². The van der Waals surface area contributed by atoms with Crippen molar-refractivity contribution in [1.29, 1.82) is 0 Å². The Balaban J connectivity index is 1.69. The van der Waals surface area contributed by atoms with Gasteiger partial charge in [-0.05, 0) is 69.0 Å². The smallest absolute Gasteiger partial charge is 0.161 e. The van der Waals surface area contributed by atoms with Gasteiger partial charge in [0.2, 0.25) is 0 Å². The van der Waals surface area contributed by atoms with Crippen LogP contribution in [0.15, 0.2) is 48.0 Å². The fourth-order valence-corrected chi connectivity index (χ4v) is 7.95. The first kappa shape index (κ1) is 19.1. The quantitative estimate of drug-likeness (QED) is 0.676. The molecule has 4 atom stereocenters. The van der Waals surface area contributed by atoms with E-state index in [9.17, 15) is 15.0 Å². The summed E-state index contributed by atoms with van der Waals surface area (Å²) in [4.78, 5) is 16.1. The van der Waals surface area contributed by atoms with Crippen LogP contribution in [0.3, 0.4) is 0 Å². The number of aromatic hydroxyl groups is 2. The Kier molecular flexibility index (Phi) is 3.84. The van der Waals surface area contributed by atoms with Crippen LogP contribution in [0.25, 0.3) is 5.57 Å². The lowest BCUT2D eigenvalue weighted by Gasteiger charge is -2.64. The van der Waals surface area contributed by atoms with Crippen molar-refractivity contribution in [1.82, 2.24) is 4.90 Å². The van der Waals surface area contributed by atoms with Crippen molar-refractivity contribution >= 4 is 11.4 Å².